The summed E-state index contributed by atoms with van der Waals surface area (Å²) < 4.78 is 18.0. The van der Waals surface area contributed by atoms with Crippen molar-refractivity contribution < 1.29 is 18.7 Å². The maximum atomic E-state index is 10.5. The normalized spacial score (nSPS) is 13.4. The molecule has 0 bridgehead atoms. The van der Waals surface area contributed by atoms with Gasteiger partial charge in [-0.05, 0) is 34.7 Å². The quantitative estimate of drug-likeness (QED) is 0.368. The number of aliphatic hydroxyl groups is 1. The van der Waals surface area contributed by atoms with Gasteiger partial charge in [0.15, 0.2) is 19.6 Å². The van der Waals surface area contributed by atoms with E-state index in [1.165, 1.54) is 0 Å². The highest BCUT2D eigenvalue weighted by Gasteiger charge is 2.44. The predicted octanol–water partition coefficient (Wildman–Crippen LogP) is 6.23. The molecule has 0 fully saturated rings. The van der Waals surface area contributed by atoms with Crippen molar-refractivity contribution in [3.8, 4) is 18.1 Å². The summed E-state index contributed by atoms with van der Waals surface area (Å²) in [4.78, 5) is 0. The number of aliphatic hydroxyl groups excluding tert-OH is 1. The highest BCUT2D eigenvalue weighted by Crippen LogP contribution is 2.42. The molecule has 0 saturated carbocycles. The smallest absolute Gasteiger partial charge is 0.200 e. The zero-order valence-electron chi connectivity index (χ0n) is 18.9. The van der Waals surface area contributed by atoms with E-state index < -0.39 is 14.4 Å². The fourth-order valence-electron chi connectivity index (χ4n) is 4.90. The van der Waals surface area contributed by atoms with E-state index in [0.29, 0.717) is 34.6 Å². The zero-order chi connectivity index (χ0) is 21.8. The van der Waals surface area contributed by atoms with Crippen molar-refractivity contribution in [1.82, 2.24) is 0 Å². The first kappa shape index (κ1) is 23.5. The summed E-state index contributed by atoms with van der Waals surface area (Å²) in [5, 5.41) is 11.4. The molecule has 1 aromatic heterocycles. The minimum absolute atomic E-state index is 0.257. The second-order valence-electron chi connectivity index (χ2n) is 8.66. The molecule has 29 heavy (non-hydrogen) atoms. The Morgan fingerprint density at radius 3 is 2.24 bits per heavy atom. The predicted molar refractivity (Wildman–Crippen MR) is 122 cm³/mol. The number of fused-ring (bicyclic) bond motifs is 1. The Bertz CT molecular complexity index is 823. The third-order valence-corrected chi connectivity index (χ3v) is 12.2. The molecule has 2 aromatic rings. The molecule has 0 saturated heterocycles. The van der Waals surface area contributed by atoms with E-state index >= 15 is 0 Å². The molecule has 160 valence electrons. The first-order valence-corrected chi connectivity index (χ1v) is 12.7. The number of rotatable bonds is 10. The molecule has 0 amide bonds. The molecule has 1 unspecified atom stereocenters. The van der Waals surface area contributed by atoms with Gasteiger partial charge >= 0.3 is 0 Å². The minimum atomic E-state index is -1.93. The number of terminal acetylenes is 1. The van der Waals surface area contributed by atoms with Crippen molar-refractivity contribution in [3.05, 3.63) is 29.5 Å². The van der Waals surface area contributed by atoms with Crippen LogP contribution in [-0.4, -0.2) is 27.1 Å². The molecule has 1 heterocycles. The summed E-state index contributed by atoms with van der Waals surface area (Å²) in [6.07, 6.45) is 7.42. The van der Waals surface area contributed by atoms with Crippen LogP contribution in [0.25, 0.3) is 11.0 Å². The van der Waals surface area contributed by atoms with Gasteiger partial charge in [-0.2, -0.15) is 0 Å². The molecule has 2 rings (SSSR count). The van der Waals surface area contributed by atoms with Gasteiger partial charge in [-0.15, -0.1) is 12.3 Å². The molecular formula is C24H36O4Si. The number of ether oxygens (including phenoxy) is 1. The van der Waals surface area contributed by atoms with E-state index in [9.17, 15) is 5.11 Å². The van der Waals surface area contributed by atoms with Gasteiger partial charge in [0.1, 0.15) is 0 Å². The van der Waals surface area contributed by atoms with E-state index in [1.54, 1.807) is 13.4 Å². The van der Waals surface area contributed by atoms with Gasteiger partial charge in [0.2, 0.25) is 0 Å². The van der Waals surface area contributed by atoms with Gasteiger partial charge in [-0.25, -0.2) is 0 Å². The van der Waals surface area contributed by atoms with E-state index in [-0.39, 0.29) is 6.42 Å². The summed E-state index contributed by atoms with van der Waals surface area (Å²) in [6, 6.07) is 3.69. The fourth-order valence-corrected chi connectivity index (χ4v) is 10.4. The number of hydrogen-bond donors (Lipinski definition) is 1. The van der Waals surface area contributed by atoms with Crippen molar-refractivity contribution in [1.29, 1.82) is 0 Å². The van der Waals surface area contributed by atoms with Gasteiger partial charge in [-0.1, -0.05) is 47.6 Å². The third kappa shape index (κ3) is 4.55. The highest BCUT2D eigenvalue weighted by atomic mass is 28.4. The summed E-state index contributed by atoms with van der Waals surface area (Å²) >= 11 is 0. The van der Waals surface area contributed by atoms with Crippen molar-refractivity contribution in [2.24, 2.45) is 0 Å². The average Bonchev–Trinajstić information content (AvgIpc) is 3.07. The molecular weight excluding hydrogens is 380 g/mol. The topological polar surface area (TPSA) is 51.8 Å². The lowest BCUT2D eigenvalue weighted by atomic mass is 9.98. The number of hydrogen-bond acceptors (Lipinski definition) is 4. The van der Waals surface area contributed by atoms with E-state index in [1.807, 2.05) is 12.1 Å². The molecule has 0 radical (unpaired) electrons. The van der Waals surface area contributed by atoms with Gasteiger partial charge < -0.3 is 18.7 Å². The number of furan rings is 1. The van der Waals surface area contributed by atoms with Crippen LogP contribution in [0.2, 0.25) is 16.6 Å². The molecule has 1 aromatic carbocycles. The molecule has 5 heteroatoms. The molecule has 1 N–H and O–H groups in total. The Hall–Kier alpha value is -1.74. The Kier molecular flexibility index (Phi) is 7.99. The zero-order valence-corrected chi connectivity index (χ0v) is 19.9. The van der Waals surface area contributed by atoms with Crippen LogP contribution in [0.1, 0.15) is 65.2 Å². The largest absolute Gasteiger partial charge is 0.493 e. The van der Waals surface area contributed by atoms with Crippen LogP contribution in [0.3, 0.4) is 0 Å². The molecule has 0 aliphatic heterocycles. The van der Waals surface area contributed by atoms with Crippen LogP contribution >= 0.6 is 0 Å². The van der Waals surface area contributed by atoms with Crippen molar-refractivity contribution in [2.75, 3.05) is 13.7 Å². The summed E-state index contributed by atoms with van der Waals surface area (Å²) in [6.45, 7) is 14.4. The second kappa shape index (κ2) is 9.84. The average molecular weight is 417 g/mol. The SMILES string of the molecule is C#CCC(O)c1ccc(OC)c2occ(CCO[Si](C(C)C)(C(C)C)C(C)C)c12. The molecule has 0 aliphatic rings. The van der Waals surface area contributed by atoms with E-state index in [0.717, 1.165) is 22.9 Å². The van der Waals surface area contributed by atoms with Crippen molar-refractivity contribution in [2.45, 2.75) is 77.1 Å². The fraction of sp³-hybridized carbons (Fsp3) is 0.583. The van der Waals surface area contributed by atoms with Crippen LogP contribution in [0.4, 0.5) is 0 Å². The Morgan fingerprint density at radius 2 is 1.72 bits per heavy atom. The maximum absolute atomic E-state index is 10.5. The first-order chi connectivity index (χ1) is 13.7. The Balaban J connectivity index is 2.36. The minimum Gasteiger partial charge on any atom is -0.493 e. The van der Waals surface area contributed by atoms with E-state index in [4.69, 9.17) is 20.0 Å². The second-order valence-corrected chi connectivity index (χ2v) is 14.1. The Morgan fingerprint density at radius 1 is 1.10 bits per heavy atom. The molecule has 0 spiro atoms. The van der Waals surface area contributed by atoms with Crippen LogP contribution in [0.15, 0.2) is 22.8 Å². The Labute approximate surface area is 176 Å². The lowest BCUT2D eigenvalue weighted by Crippen LogP contribution is -2.48. The number of methoxy groups -OCH3 is 1. The van der Waals surface area contributed by atoms with Crippen LogP contribution in [0, 0.1) is 12.3 Å². The van der Waals surface area contributed by atoms with Crippen LogP contribution < -0.4 is 4.74 Å². The number of benzene rings is 1. The summed E-state index contributed by atoms with van der Waals surface area (Å²) in [5.41, 5.74) is 4.06. The van der Waals surface area contributed by atoms with Crippen molar-refractivity contribution in [3.63, 3.8) is 0 Å². The lowest BCUT2D eigenvalue weighted by Gasteiger charge is -2.42. The summed E-state index contributed by atoms with van der Waals surface area (Å²) in [5.74, 6) is 3.19. The van der Waals surface area contributed by atoms with E-state index in [2.05, 4.69) is 47.5 Å². The maximum Gasteiger partial charge on any atom is 0.200 e. The monoisotopic (exact) mass is 416 g/mol. The standard InChI is InChI=1S/C24H36O4Si/c1-9-10-21(25)20-11-12-22(26-8)24-23(20)19(15-27-24)13-14-28-29(16(2)3,17(4)5)18(6)7/h1,11-12,15-18,21,25H,10,13-14H2,2-8H3. The van der Waals surface area contributed by atoms with Crippen molar-refractivity contribution >= 4 is 19.3 Å². The summed E-state index contributed by atoms with van der Waals surface area (Å²) in [7, 11) is -0.309. The molecule has 4 nitrogen and oxygen atoms in total. The first-order valence-electron chi connectivity index (χ1n) is 10.5. The third-order valence-electron chi connectivity index (χ3n) is 6.11. The lowest BCUT2D eigenvalue weighted by molar-refractivity contribution is 0.185. The van der Waals surface area contributed by atoms with Crippen LogP contribution in [0.5, 0.6) is 5.75 Å². The van der Waals surface area contributed by atoms with Gasteiger partial charge in [0, 0.05) is 24.0 Å². The van der Waals surface area contributed by atoms with Gasteiger partial charge in [-0.3, -0.25) is 0 Å². The van der Waals surface area contributed by atoms with Crippen LogP contribution in [-0.2, 0) is 10.8 Å². The molecule has 1 atom stereocenters. The molecule has 0 aliphatic carbocycles. The highest BCUT2D eigenvalue weighted by molar-refractivity contribution is 6.77. The van der Waals surface area contributed by atoms with Gasteiger partial charge in [0.05, 0.1) is 19.5 Å². The van der Waals surface area contributed by atoms with Gasteiger partial charge in [0.25, 0.3) is 0 Å².